The molecule has 9 heteroatoms. The lowest BCUT2D eigenvalue weighted by molar-refractivity contribution is -0.161. The van der Waals surface area contributed by atoms with Crippen molar-refractivity contribution in [3.8, 4) is 0 Å². The van der Waals surface area contributed by atoms with Crippen molar-refractivity contribution in [3.63, 3.8) is 0 Å². The van der Waals surface area contributed by atoms with Gasteiger partial charge in [-0.3, -0.25) is 4.90 Å². The van der Waals surface area contributed by atoms with Gasteiger partial charge in [0.1, 0.15) is 23.1 Å². The first kappa shape index (κ1) is 21.5. The van der Waals surface area contributed by atoms with E-state index in [-0.39, 0.29) is 4.90 Å². The number of carbonyl (C=O) groups is 1. The molecule has 3 heterocycles. The second-order valence-corrected chi connectivity index (χ2v) is 11.9. The van der Waals surface area contributed by atoms with Crippen LogP contribution in [0.1, 0.15) is 40.2 Å². The number of benzene rings is 1. The van der Waals surface area contributed by atoms with Crippen molar-refractivity contribution in [2.75, 3.05) is 0 Å². The molecule has 0 unspecified atom stereocenters. The maximum absolute atomic E-state index is 13.6. The fourth-order valence-electron chi connectivity index (χ4n) is 4.87. The summed E-state index contributed by atoms with van der Waals surface area (Å²) in [5.41, 5.74) is 6.71. The minimum atomic E-state index is -3.83. The van der Waals surface area contributed by atoms with Crippen molar-refractivity contribution >= 4 is 15.9 Å². The van der Waals surface area contributed by atoms with Gasteiger partial charge in [-0.2, -0.15) is 0 Å². The van der Waals surface area contributed by atoms with E-state index in [1.54, 1.807) is 58.9 Å². The van der Waals surface area contributed by atoms with E-state index in [9.17, 15) is 13.2 Å². The Bertz CT molecular complexity index is 953. The third-order valence-electron chi connectivity index (χ3n) is 5.90. The highest BCUT2D eigenvalue weighted by Gasteiger charge is 2.72. The zero-order chi connectivity index (χ0) is 22.2. The van der Waals surface area contributed by atoms with Gasteiger partial charge in [-0.1, -0.05) is 17.7 Å². The molecule has 0 saturated carbocycles. The van der Waals surface area contributed by atoms with E-state index in [1.165, 1.54) is 4.90 Å². The number of rotatable bonds is 2. The molecule has 0 aromatic heterocycles. The van der Waals surface area contributed by atoms with Gasteiger partial charge in [0, 0.05) is 6.04 Å². The molecule has 1 amide bonds. The summed E-state index contributed by atoms with van der Waals surface area (Å²) in [4.78, 5) is 14.7. The number of fused-ring (bicyclic) bond motifs is 5. The number of sulfone groups is 1. The normalized spacial score (nSPS) is 34.8. The molecule has 3 aliphatic rings. The van der Waals surface area contributed by atoms with Crippen LogP contribution >= 0.6 is 0 Å². The summed E-state index contributed by atoms with van der Waals surface area (Å²) in [6.07, 6.45) is -1.70. The first-order chi connectivity index (χ1) is 13.7. The molecular weight excluding hydrogens is 408 g/mol. The molecule has 166 valence electrons. The smallest absolute Gasteiger partial charge is 0.411 e. The standard InChI is InChI=1S/C21H30N2O6S/c1-11-7-9-12(10-8-11)30(25,26)18-13(22)14-16-17(28-21(5,6)27-16)15(18)23(14)19(24)29-20(2,3)4/h7-10,13-18H,22H2,1-6H3/t13-,14+,15+,16+,17-,18+/m1/s1. The lowest BCUT2D eigenvalue weighted by Crippen LogP contribution is -2.57. The Morgan fingerprint density at radius 1 is 1.10 bits per heavy atom. The summed E-state index contributed by atoms with van der Waals surface area (Å²) in [6, 6.07) is 4.38. The minimum Gasteiger partial charge on any atom is -0.444 e. The molecule has 1 aromatic carbocycles. The Balaban J connectivity index is 1.76. The number of hydrogen-bond donors (Lipinski definition) is 1. The van der Waals surface area contributed by atoms with Gasteiger partial charge in [0.15, 0.2) is 15.6 Å². The first-order valence-electron chi connectivity index (χ1n) is 10.2. The molecule has 8 nitrogen and oxygen atoms in total. The van der Waals surface area contributed by atoms with Crippen LogP contribution in [0.2, 0.25) is 0 Å². The van der Waals surface area contributed by atoms with E-state index in [4.69, 9.17) is 19.9 Å². The second-order valence-electron chi connectivity index (χ2n) is 9.83. The van der Waals surface area contributed by atoms with Crippen molar-refractivity contribution in [2.45, 2.75) is 93.4 Å². The molecule has 2 N–H and O–H groups in total. The quantitative estimate of drug-likeness (QED) is 0.752. The van der Waals surface area contributed by atoms with Gasteiger partial charge in [-0.05, 0) is 53.7 Å². The van der Waals surface area contributed by atoms with Crippen LogP contribution in [0.5, 0.6) is 0 Å². The summed E-state index contributed by atoms with van der Waals surface area (Å²) < 4.78 is 44.8. The SMILES string of the molecule is Cc1ccc(S(=O)(=O)[C@H]2[C@H](N)[C@H]3[C@@H]4OC(C)(C)O[C@@H]4[C@@H]2N3C(=O)OC(C)(C)C)cc1. The van der Waals surface area contributed by atoms with Crippen LogP contribution in [0.3, 0.4) is 0 Å². The van der Waals surface area contributed by atoms with Crippen LogP contribution in [0.4, 0.5) is 4.79 Å². The molecule has 3 saturated heterocycles. The topological polar surface area (TPSA) is 108 Å². The van der Waals surface area contributed by atoms with E-state index in [0.29, 0.717) is 0 Å². The zero-order valence-corrected chi connectivity index (χ0v) is 19.0. The van der Waals surface area contributed by atoms with Crippen LogP contribution in [0.25, 0.3) is 0 Å². The molecule has 2 bridgehead atoms. The van der Waals surface area contributed by atoms with Crippen molar-refractivity contribution in [3.05, 3.63) is 29.8 Å². The minimum absolute atomic E-state index is 0.181. The Hall–Kier alpha value is -1.68. The van der Waals surface area contributed by atoms with Gasteiger partial charge >= 0.3 is 6.09 Å². The van der Waals surface area contributed by atoms with Crippen molar-refractivity contribution in [1.29, 1.82) is 0 Å². The predicted octanol–water partition coefficient (Wildman–Crippen LogP) is 1.99. The zero-order valence-electron chi connectivity index (χ0n) is 18.2. The fraction of sp³-hybridized carbons (Fsp3) is 0.667. The van der Waals surface area contributed by atoms with Gasteiger partial charge in [0.25, 0.3) is 0 Å². The van der Waals surface area contributed by atoms with Gasteiger partial charge in [0.2, 0.25) is 0 Å². The number of aryl methyl sites for hydroxylation is 1. The maximum Gasteiger partial charge on any atom is 0.411 e. The number of hydrogen-bond acceptors (Lipinski definition) is 7. The molecule has 0 radical (unpaired) electrons. The maximum atomic E-state index is 13.6. The first-order valence-corrected chi connectivity index (χ1v) is 11.7. The van der Waals surface area contributed by atoms with Gasteiger partial charge in [-0.25, -0.2) is 13.2 Å². The molecule has 3 fully saturated rings. The Morgan fingerprint density at radius 3 is 2.17 bits per heavy atom. The molecular formula is C21H30N2O6S. The van der Waals surface area contributed by atoms with Crippen molar-refractivity contribution in [2.24, 2.45) is 5.73 Å². The largest absolute Gasteiger partial charge is 0.444 e. The van der Waals surface area contributed by atoms with Crippen molar-refractivity contribution in [1.82, 2.24) is 4.90 Å². The van der Waals surface area contributed by atoms with E-state index in [2.05, 4.69) is 0 Å². The van der Waals surface area contributed by atoms with Crippen molar-refractivity contribution < 1.29 is 27.4 Å². The summed E-state index contributed by atoms with van der Waals surface area (Å²) in [6.45, 7) is 10.7. The van der Waals surface area contributed by atoms with Gasteiger partial charge in [0.05, 0.1) is 17.0 Å². The Morgan fingerprint density at radius 2 is 1.63 bits per heavy atom. The number of amides is 1. The number of ether oxygens (including phenoxy) is 3. The summed E-state index contributed by atoms with van der Waals surface area (Å²) in [7, 11) is -3.83. The average molecular weight is 439 g/mol. The number of carbonyl (C=O) groups excluding carboxylic acids is 1. The van der Waals surface area contributed by atoms with E-state index >= 15 is 0 Å². The molecule has 0 aliphatic carbocycles. The number of nitrogens with two attached hydrogens (primary N) is 1. The van der Waals surface area contributed by atoms with Gasteiger partial charge < -0.3 is 19.9 Å². The van der Waals surface area contributed by atoms with Crippen LogP contribution < -0.4 is 5.73 Å². The molecule has 30 heavy (non-hydrogen) atoms. The third-order valence-corrected chi connectivity index (χ3v) is 8.14. The molecule has 3 aliphatic heterocycles. The molecule has 1 aromatic rings. The average Bonchev–Trinajstić information content (AvgIpc) is 3.16. The van der Waals surface area contributed by atoms with Crippen LogP contribution in [0.15, 0.2) is 29.2 Å². The fourth-order valence-corrected chi connectivity index (χ4v) is 6.92. The Kier molecular flexibility index (Phi) is 4.78. The monoisotopic (exact) mass is 438 g/mol. The predicted molar refractivity (Wildman–Crippen MR) is 110 cm³/mol. The highest BCUT2D eigenvalue weighted by Crippen LogP contribution is 2.50. The Labute approximate surface area is 177 Å². The van der Waals surface area contributed by atoms with Gasteiger partial charge in [-0.15, -0.1) is 0 Å². The summed E-state index contributed by atoms with van der Waals surface area (Å²) in [5, 5.41) is -1.02. The lowest BCUT2D eigenvalue weighted by atomic mass is 9.91. The number of nitrogens with zero attached hydrogens (tertiary/aromatic N) is 1. The van der Waals surface area contributed by atoms with E-state index < -0.39 is 62.9 Å². The van der Waals surface area contributed by atoms with E-state index in [1.807, 2.05) is 6.92 Å². The van der Waals surface area contributed by atoms with Crippen LogP contribution in [0, 0.1) is 6.92 Å². The van der Waals surface area contributed by atoms with Crippen LogP contribution in [-0.4, -0.2) is 66.4 Å². The highest BCUT2D eigenvalue weighted by molar-refractivity contribution is 7.92. The highest BCUT2D eigenvalue weighted by atomic mass is 32.2. The lowest BCUT2D eigenvalue weighted by Gasteiger charge is -2.31. The summed E-state index contributed by atoms with van der Waals surface area (Å²) >= 11 is 0. The summed E-state index contributed by atoms with van der Waals surface area (Å²) in [5.74, 6) is -0.881. The second kappa shape index (κ2) is 6.66. The van der Waals surface area contributed by atoms with Crippen LogP contribution in [-0.2, 0) is 24.0 Å². The van der Waals surface area contributed by atoms with E-state index in [0.717, 1.165) is 5.56 Å². The molecule has 0 spiro atoms. The molecule has 6 atom stereocenters. The molecule has 4 rings (SSSR count). The third kappa shape index (κ3) is 3.32.